The van der Waals surface area contributed by atoms with Gasteiger partial charge < -0.3 is 0 Å². The summed E-state index contributed by atoms with van der Waals surface area (Å²) < 4.78 is 14.5. The number of hydrogen-bond donors (Lipinski definition) is 2. The first-order chi connectivity index (χ1) is 9.10. The fraction of sp³-hybridized carbons (Fsp3) is 0.154. The summed E-state index contributed by atoms with van der Waals surface area (Å²) in [5, 5.41) is 0.383. The second-order valence-corrected chi connectivity index (χ2v) is 5.37. The van der Waals surface area contributed by atoms with Crippen molar-refractivity contribution >= 4 is 27.5 Å². The molecule has 6 heteroatoms. The minimum absolute atomic E-state index is 0.226. The number of nitrogens with zero attached hydrogens (tertiary/aromatic N) is 1. The summed E-state index contributed by atoms with van der Waals surface area (Å²) in [7, 11) is 0. The van der Waals surface area contributed by atoms with E-state index in [1.165, 1.54) is 6.07 Å². The van der Waals surface area contributed by atoms with Crippen LogP contribution in [0.4, 0.5) is 4.39 Å². The first-order valence-electron chi connectivity index (χ1n) is 5.61. The Balaban J connectivity index is 2.24. The van der Waals surface area contributed by atoms with E-state index < -0.39 is 0 Å². The minimum Gasteiger partial charge on any atom is -0.271 e. The Kier molecular flexibility index (Phi) is 4.87. The molecule has 0 fully saturated rings. The molecule has 0 bridgehead atoms. The lowest BCUT2D eigenvalue weighted by Crippen LogP contribution is -2.29. The van der Waals surface area contributed by atoms with Gasteiger partial charge in [0.25, 0.3) is 0 Å². The normalized spacial score (nSPS) is 12.4. The quantitative estimate of drug-likeness (QED) is 0.508. The molecule has 100 valence electrons. The van der Waals surface area contributed by atoms with E-state index in [0.717, 1.165) is 5.56 Å². The van der Waals surface area contributed by atoms with Crippen LogP contribution in [0, 0.1) is 5.82 Å². The number of hydrazine groups is 1. The molecular formula is C13H12BrClFN3. The highest BCUT2D eigenvalue weighted by Gasteiger charge is 2.14. The Morgan fingerprint density at radius 1 is 1.37 bits per heavy atom. The Labute approximate surface area is 124 Å². The van der Waals surface area contributed by atoms with Gasteiger partial charge in [0.15, 0.2) is 0 Å². The van der Waals surface area contributed by atoms with Crippen LogP contribution in [0.25, 0.3) is 0 Å². The van der Waals surface area contributed by atoms with Gasteiger partial charge in [0.2, 0.25) is 0 Å². The maximum Gasteiger partial charge on any atom is 0.129 e. The van der Waals surface area contributed by atoms with Crippen molar-refractivity contribution in [2.45, 2.75) is 12.5 Å². The van der Waals surface area contributed by atoms with Crippen LogP contribution in [0.2, 0.25) is 5.15 Å². The van der Waals surface area contributed by atoms with Crippen LogP contribution < -0.4 is 11.3 Å². The molecule has 0 radical (unpaired) electrons. The number of nitrogens with one attached hydrogen (secondary N) is 1. The molecule has 1 aromatic heterocycles. The molecule has 3 N–H and O–H groups in total. The van der Waals surface area contributed by atoms with E-state index in [4.69, 9.17) is 17.4 Å². The molecule has 1 aromatic carbocycles. The van der Waals surface area contributed by atoms with Gasteiger partial charge in [-0.15, -0.1) is 0 Å². The molecule has 1 unspecified atom stereocenters. The van der Waals surface area contributed by atoms with Gasteiger partial charge in [-0.25, -0.2) is 9.37 Å². The van der Waals surface area contributed by atoms with Gasteiger partial charge in [-0.2, -0.15) is 0 Å². The van der Waals surface area contributed by atoms with Gasteiger partial charge in [0.05, 0.1) is 6.04 Å². The van der Waals surface area contributed by atoms with Crippen LogP contribution in [0.15, 0.2) is 41.0 Å². The average Bonchev–Trinajstić information content (AvgIpc) is 2.38. The smallest absolute Gasteiger partial charge is 0.129 e. The lowest BCUT2D eigenvalue weighted by atomic mass is 10.00. The molecule has 0 aliphatic heterocycles. The van der Waals surface area contributed by atoms with Crippen molar-refractivity contribution in [3.05, 3.63) is 63.1 Å². The molecule has 2 aromatic rings. The van der Waals surface area contributed by atoms with Crippen LogP contribution in [0.3, 0.4) is 0 Å². The van der Waals surface area contributed by atoms with E-state index in [1.54, 1.807) is 30.5 Å². The number of rotatable bonds is 4. The van der Waals surface area contributed by atoms with Gasteiger partial charge in [-0.05, 0) is 41.8 Å². The van der Waals surface area contributed by atoms with Crippen LogP contribution in [0.1, 0.15) is 17.2 Å². The highest BCUT2D eigenvalue weighted by molar-refractivity contribution is 9.10. The fourth-order valence-corrected chi connectivity index (χ4v) is 2.33. The molecule has 19 heavy (non-hydrogen) atoms. The number of halogens is 3. The highest BCUT2D eigenvalue weighted by Crippen LogP contribution is 2.23. The molecule has 0 spiro atoms. The summed E-state index contributed by atoms with van der Waals surface area (Å²) in [6.07, 6.45) is 2.02. The molecule has 0 saturated heterocycles. The summed E-state index contributed by atoms with van der Waals surface area (Å²) in [5.74, 6) is 5.27. The second kappa shape index (κ2) is 6.43. The van der Waals surface area contributed by atoms with Crippen LogP contribution in [-0.4, -0.2) is 4.98 Å². The zero-order chi connectivity index (χ0) is 13.8. The van der Waals surface area contributed by atoms with Crippen LogP contribution in [-0.2, 0) is 6.42 Å². The van der Waals surface area contributed by atoms with E-state index in [9.17, 15) is 4.39 Å². The topological polar surface area (TPSA) is 50.9 Å². The van der Waals surface area contributed by atoms with Crippen molar-refractivity contribution < 1.29 is 4.39 Å². The van der Waals surface area contributed by atoms with Gasteiger partial charge in [0.1, 0.15) is 11.0 Å². The van der Waals surface area contributed by atoms with E-state index in [1.807, 2.05) is 0 Å². The molecule has 2 rings (SSSR count). The molecule has 0 amide bonds. The highest BCUT2D eigenvalue weighted by atomic mass is 79.9. The zero-order valence-electron chi connectivity index (χ0n) is 9.91. The summed E-state index contributed by atoms with van der Waals surface area (Å²) in [4.78, 5) is 3.91. The largest absolute Gasteiger partial charge is 0.271 e. The molecule has 1 heterocycles. The van der Waals surface area contributed by atoms with Crippen molar-refractivity contribution in [3.8, 4) is 0 Å². The molecule has 0 saturated carbocycles. The van der Waals surface area contributed by atoms with Gasteiger partial charge in [-0.3, -0.25) is 11.3 Å². The van der Waals surface area contributed by atoms with Crippen molar-refractivity contribution in [1.82, 2.24) is 10.4 Å². The lowest BCUT2D eigenvalue weighted by Gasteiger charge is -2.17. The Morgan fingerprint density at radius 2 is 2.16 bits per heavy atom. The third-order valence-electron chi connectivity index (χ3n) is 2.79. The fourth-order valence-electron chi connectivity index (χ4n) is 1.81. The maximum absolute atomic E-state index is 13.8. The predicted molar refractivity (Wildman–Crippen MR) is 77.1 cm³/mol. The van der Waals surface area contributed by atoms with Gasteiger partial charge in [0, 0.05) is 10.7 Å². The van der Waals surface area contributed by atoms with Gasteiger partial charge >= 0.3 is 0 Å². The minimum atomic E-state index is -0.269. The molecule has 0 aliphatic carbocycles. The first-order valence-corrected chi connectivity index (χ1v) is 6.78. The number of pyridine rings is 1. The Hall–Kier alpha value is -1.01. The number of benzene rings is 1. The summed E-state index contributed by atoms with van der Waals surface area (Å²) in [6, 6.07) is 8.24. The lowest BCUT2D eigenvalue weighted by molar-refractivity contribution is 0.528. The van der Waals surface area contributed by atoms with E-state index in [-0.39, 0.29) is 11.9 Å². The first kappa shape index (κ1) is 14.4. The van der Waals surface area contributed by atoms with E-state index >= 15 is 0 Å². The SMILES string of the molecule is NNC(Cc1ccc(Br)cc1F)c1ccnc(Cl)c1. The van der Waals surface area contributed by atoms with E-state index in [2.05, 4.69) is 26.3 Å². The Morgan fingerprint density at radius 3 is 2.79 bits per heavy atom. The Bertz CT molecular complexity index is 580. The van der Waals surface area contributed by atoms with Gasteiger partial charge in [-0.1, -0.05) is 33.6 Å². The molecule has 1 atom stereocenters. The summed E-state index contributed by atoms with van der Waals surface area (Å²) in [5.41, 5.74) is 4.12. The number of nitrogens with two attached hydrogens (primary N) is 1. The zero-order valence-corrected chi connectivity index (χ0v) is 12.2. The standard InChI is InChI=1S/C13H12BrClFN3/c14-10-2-1-8(11(16)7-10)5-12(19-17)9-3-4-18-13(15)6-9/h1-4,6-7,12,19H,5,17H2. The van der Waals surface area contributed by atoms with Crippen molar-refractivity contribution in [1.29, 1.82) is 0 Å². The maximum atomic E-state index is 13.8. The van der Waals surface area contributed by atoms with Crippen LogP contribution in [0.5, 0.6) is 0 Å². The molecule has 3 nitrogen and oxygen atoms in total. The van der Waals surface area contributed by atoms with Crippen molar-refractivity contribution in [2.24, 2.45) is 5.84 Å². The molecular weight excluding hydrogens is 333 g/mol. The number of hydrogen-bond acceptors (Lipinski definition) is 3. The average molecular weight is 345 g/mol. The second-order valence-electron chi connectivity index (χ2n) is 4.07. The predicted octanol–water partition coefficient (Wildman–Crippen LogP) is 3.38. The monoisotopic (exact) mass is 343 g/mol. The summed E-state index contributed by atoms with van der Waals surface area (Å²) >= 11 is 9.07. The number of aromatic nitrogens is 1. The third-order valence-corrected chi connectivity index (χ3v) is 3.49. The summed E-state index contributed by atoms with van der Waals surface area (Å²) in [6.45, 7) is 0. The third kappa shape index (κ3) is 3.73. The van der Waals surface area contributed by atoms with Crippen molar-refractivity contribution in [3.63, 3.8) is 0 Å². The van der Waals surface area contributed by atoms with Crippen LogP contribution >= 0.6 is 27.5 Å². The van der Waals surface area contributed by atoms with Crippen molar-refractivity contribution in [2.75, 3.05) is 0 Å². The van der Waals surface area contributed by atoms with E-state index in [0.29, 0.717) is 21.6 Å². The molecule has 0 aliphatic rings.